The van der Waals surface area contributed by atoms with Crippen molar-refractivity contribution in [1.82, 2.24) is 0 Å². The van der Waals surface area contributed by atoms with Gasteiger partial charge >= 0.3 is 125 Å². The van der Waals surface area contributed by atoms with Crippen LogP contribution in [0.3, 0.4) is 0 Å². The summed E-state index contributed by atoms with van der Waals surface area (Å²) in [5.41, 5.74) is 0.742. The fourth-order valence-corrected chi connectivity index (χ4v) is 1.95. The number of halogens is 1. The van der Waals surface area contributed by atoms with Crippen LogP contribution in [0.1, 0.15) is 5.56 Å². The predicted octanol–water partition coefficient (Wildman–Crippen LogP) is 2.95. The molecule has 0 saturated heterocycles. The molecule has 0 spiro atoms. The molecule has 2 aromatic rings. The van der Waals surface area contributed by atoms with Crippen LogP contribution >= 0.6 is 11.6 Å². The second-order valence-corrected chi connectivity index (χ2v) is 4.55. The fraction of sp³-hybridized carbons (Fsp3) is 0.0714. The third-order valence-corrected chi connectivity index (χ3v) is 2.87. The maximum atomic E-state index is 11.2. The van der Waals surface area contributed by atoms with Gasteiger partial charge in [0.05, 0.1) is 0 Å². The summed E-state index contributed by atoms with van der Waals surface area (Å²) in [6.45, 7) is 0. The number of hydrogen-bond acceptors (Lipinski definition) is 5. The topological polar surface area (TPSA) is 95.5 Å². The van der Waals surface area contributed by atoms with Crippen molar-refractivity contribution in [2.75, 3.05) is 0 Å². The van der Waals surface area contributed by atoms with E-state index in [1.165, 1.54) is 0 Å². The summed E-state index contributed by atoms with van der Waals surface area (Å²) in [4.78, 5) is 11.2. The second-order valence-electron chi connectivity index (χ2n) is 3.88. The van der Waals surface area contributed by atoms with Gasteiger partial charge in [0.1, 0.15) is 0 Å². The summed E-state index contributed by atoms with van der Waals surface area (Å²) in [6.07, 6.45) is 0.148. The van der Waals surface area contributed by atoms with Gasteiger partial charge in [0.15, 0.2) is 0 Å². The number of benzene rings is 2. The molecular formula is C14H12AlClO5. The van der Waals surface area contributed by atoms with E-state index in [4.69, 9.17) is 16.3 Å². The predicted molar refractivity (Wildman–Crippen MR) is 77.4 cm³/mol. The Morgan fingerprint density at radius 1 is 1.05 bits per heavy atom. The number of hydrogen-bond donors (Lipinski definition) is 0. The molecule has 0 radical (unpaired) electrons. The molecule has 0 aromatic heterocycles. The van der Waals surface area contributed by atoms with E-state index in [-0.39, 0.29) is 23.3 Å². The van der Waals surface area contributed by atoms with Gasteiger partial charge in [-0.1, -0.05) is 0 Å². The SMILES string of the molecule is O=C(Cc1cc(Cl)cc(Oc2ccccc2)c1)[O][Al+2].[OH-].[OH-]. The Labute approximate surface area is 135 Å². The maximum Gasteiger partial charge on any atom is -0.870 e. The van der Waals surface area contributed by atoms with E-state index in [9.17, 15) is 4.79 Å². The minimum absolute atomic E-state index is 0. The molecule has 0 saturated carbocycles. The summed E-state index contributed by atoms with van der Waals surface area (Å²) < 4.78 is 10.2. The number of para-hydroxylation sites is 1. The van der Waals surface area contributed by atoms with Crippen LogP contribution in [0.5, 0.6) is 11.5 Å². The first-order valence-electron chi connectivity index (χ1n) is 5.59. The van der Waals surface area contributed by atoms with Crippen LogP contribution in [0, 0.1) is 0 Å². The van der Waals surface area contributed by atoms with Crippen molar-refractivity contribution in [3.8, 4) is 11.5 Å². The number of carbonyl (C=O) groups is 1. The molecule has 0 aliphatic rings. The van der Waals surface area contributed by atoms with Gasteiger partial charge in [-0.05, 0) is 0 Å². The Morgan fingerprint density at radius 3 is 2.33 bits per heavy atom. The Bertz CT molecular complexity index is 577. The van der Waals surface area contributed by atoms with E-state index < -0.39 is 0 Å². The molecule has 0 amide bonds. The molecule has 0 bridgehead atoms. The second kappa shape index (κ2) is 9.40. The summed E-state index contributed by atoms with van der Waals surface area (Å²) in [7, 11) is 0. The molecule has 7 heteroatoms. The van der Waals surface area contributed by atoms with Crippen LogP contribution in [0.15, 0.2) is 48.5 Å². The van der Waals surface area contributed by atoms with Gasteiger partial charge < -0.3 is 11.0 Å². The smallest absolute Gasteiger partial charge is 0.870 e. The first kappa shape index (κ1) is 19.5. The Kier molecular flexibility index (Phi) is 8.71. The van der Waals surface area contributed by atoms with Gasteiger partial charge in [0.25, 0.3) is 0 Å². The molecule has 0 atom stereocenters. The molecule has 0 fully saturated rings. The fourth-order valence-electron chi connectivity index (χ4n) is 1.61. The van der Waals surface area contributed by atoms with Crippen molar-refractivity contribution in [1.29, 1.82) is 0 Å². The molecule has 0 aliphatic heterocycles. The van der Waals surface area contributed by atoms with Gasteiger partial charge in [-0.15, -0.1) is 0 Å². The monoisotopic (exact) mass is 322 g/mol. The van der Waals surface area contributed by atoms with E-state index in [1.54, 1.807) is 18.2 Å². The van der Waals surface area contributed by atoms with Gasteiger partial charge in [-0.2, -0.15) is 0 Å². The molecule has 108 valence electrons. The van der Waals surface area contributed by atoms with Crippen LogP contribution in [0.2, 0.25) is 5.02 Å². The minimum atomic E-state index is -0.349. The quantitative estimate of drug-likeness (QED) is 0.806. The number of ether oxygens (including phenoxy) is 1. The molecule has 0 aliphatic carbocycles. The Balaban J connectivity index is 0.00000200. The first-order valence-corrected chi connectivity index (χ1v) is 6.44. The summed E-state index contributed by atoms with van der Waals surface area (Å²) >= 11 is 7.94. The summed E-state index contributed by atoms with van der Waals surface area (Å²) in [5.74, 6) is 0.951. The summed E-state index contributed by atoms with van der Waals surface area (Å²) in [5, 5.41) is 0.514. The standard InChI is InChI=1S/C14H11ClO3.Al.2H2O/c15-11-6-10(8-14(16)17)7-13(9-11)18-12-4-2-1-3-5-12;;;/h1-7,9H,8H2,(H,16,17);;2*1H2/q;+3;;/p-3. The van der Waals surface area contributed by atoms with Gasteiger partial charge in [-0.3, -0.25) is 0 Å². The number of carbonyl (C=O) groups excluding carboxylic acids is 1. The molecule has 0 unspecified atom stereocenters. The van der Waals surface area contributed by atoms with Crippen LogP contribution in [0.4, 0.5) is 0 Å². The zero-order valence-electron chi connectivity index (χ0n) is 10.9. The van der Waals surface area contributed by atoms with Gasteiger partial charge in [0, 0.05) is 0 Å². The third-order valence-electron chi connectivity index (χ3n) is 2.39. The van der Waals surface area contributed by atoms with Crippen LogP contribution < -0.4 is 4.74 Å². The molecule has 2 aromatic carbocycles. The zero-order valence-corrected chi connectivity index (χ0v) is 12.8. The van der Waals surface area contributed by atoms with Crippen LogP contribution in [-0.2, 0) is 15.0 Å². The van der Waals surface area contributed by atoms with E-state index >= 15 is 0 Å². The summed E-state index contributed by atoms with van der Waals surface area (Å²) in [6, 6.07) is 14.5. The average molecular weight is 323 g/mol. The molecule has 2 N–H and O–H groups in total. The van der Waals surface area contributed by atoms with Crippen molar-refractivity contribution in [2.45, 2.75) is 6.42 Å². The van der Waals surface area contributed by atoms with Crippen LogP contribution in [0.25, 0.3) is 0 Å². The third kappa shape index (κ3) is 6.17. The van der Waals surface area contributed by atoms with Crippen molar-refractivity contribution < 1.29 is 24.3 Å². The zero-order chi connectivity index (χ0) is 13.7. The van der Waals surface area contributed by atoms with Crippen molar-refractivity contribution >= 4 is 34.2 Å². The minimum Gasteiger partial charge on any atom is -0.870 e. The maximum absolute atomic E-state index is 11.2. The van der Waals surface area contributed by atoms with Crippen LogP contribution in [-0.4, -0.2) is 33.5 Å². The van der Waals surface area contributed by atoms with E-state index in [2.05, 4.69) is 3.79 Å². The average Bonchev–Trinajstić information content (AvgIpc) is 2.39. The number of rotatable bonds is 4. The normalized spacial score (nSPS) is 9.10. The van der Waals surface area contributed by atoms with Gasteiger partial charge in [0.2, 0.25) is 0 Å². The van der Waals surface area contributed by atoms with Crippen molar-refractivity contribution in [2.24, 2.45) is 0 Å². The molecule has 0 heterocycles. The van der Waals surface area contributed by atoms with Crippen molar-refractivity contribution in [3.63, 3.8) is 0 Å². The molecule has 2 rings (SSSR count). The molecular weight excluding hydrogens is 311 g/mol. The van der Waals surface area contributed by atoms with E-state index in [1.807, 2.05) is 47.0 Å². The Morgan fingerprint density at radius 2 is 1.71 bits per heavy atom. The molecule has 5 nitrogen and oxygen atoms in total. The Hall–Kier alpha value is -1.55. The van der Waals surface area contributed by atoms with E-state index in [0.29, 0.717) is 16.5 Å². The molecule has 21 heavy (non-hydrogen) atoms. The first-order chi connectivity index (χ1) is 9.17. The largest absolute Gasteiger partial charge is 0.870 e. The van der Waals surface area contributed by atoms with E-state index in [0.717, 1.165) is 5.56 Å². The van der Waals surface area contributed by atoms with Gasteiger partial charge in [-0.25, -0.2) is 0 Å². The van der Waals surface area contributed by atoms with Crippen molar-refractivity contribution in [3.05, 3.63) is 59.1 Å².